The number of H-pyrrole nitrogens is 1. The van der Waals surface area contributed by atoms with Crippen LogP contribution >= 0.6 is 0 Å². The van der Waals surface area contributed by atoms with Gasteiger partial charge in [-0.15, -0.1) is 0 Å². The Bertz CT molecular complexity index is 944. The number of hydrogen-bond acceptors (Lipinski definition) is 3. The number of ether oxygens (including phenoxy) is 2. The van der Waals surface area contributed by atoms with Gasteiger partial charge in [0.1, 0.15) is 11.5 Å². The van der Waals surface area contributed by atoms with E-state index in [9.17, 15) is 0 Å². The fourth-order valence-corrected chi connectivity index (χ4v) is 5.28. The molecule has 0 aliphatic heterocycles. The summed E-state index contributed by atoms with van der Waals surface area (Å²) in [5, 5.41) is 7.74. The van der Waals surface area contributed by atoms with E-state index in [0.717, 1.165) is 60.1 Å². The van der Waals surface area contributed by atoms with Gasteiger partial charge in [0, 0.05) is 5.56 Å². The first-order valence-electron chi connectivity index (χ1n) is 16.8. The zero-order valence-electron chi connectivity index (χ0n) is 26.1. The van der Waals surface area contributed by atoms with Crippen LogP contribution in [0.4, 0.5) is 0 Å². The predicted molar refractivity (Wildman–Crippen MR) is 175 cm³/mol. The van der Waals surface area contributed by atoms with Crippen molar-refractivity contribution in [3.63, 3.8) is 0 Å². The highest BCUT2D eigenvalue weighted by Gasteiger charge is 2.07. The molecule has 0 saturated carbocycles. The summed E-state index contributed by atoms with van der Waals surface area (Å²) < 4.78 is 11.9. The summed E-state index contributed by atoms with van der Waals surface area (Å²) in [7, 11) is 0. The van der Waals surface area contributed by atoms with E-state index < -0.39 is 0 Å². The summed E-state index contributed by atoms with van der Waals surface area (Å²) in [6.07, 6.45) is 23.9. The van der Waals surface area contributed by atoms with Crippen molar-refractivity contribution in [3.8, 4) is 34.0 Å². The molecule has 0 fully saturated rings. The molecule has 41 heavy (non-hydrogen) atoms. The maximum atomic E-state index is 5.97. The van der Waals surface area contributed by atoms with Crippen molar-refractivity contribution in [2.45, 2.75) is 129 Å². The van der Waals surface area contributed by atoms with Crippen molar-refractivity contribution in [1.82, 2.24) is 10.2 Å². The number of benzene rings is 2. The molecule has 1 N–H and O–H groups in total. The summed E-state index contributed by atoms with van der Waals surface area (Å²) in [5.74, 6) is 1.87. The lowest BCUT2D eigenvalue weighted by molar-refractivity contribution is 0.304. The summed E-state index contributed by atoms with van der Waals surface area (Å²) in [6, 6.07) is 18.7. The molecule has 4 nitrogen and oxygen atoms in total. The van der Waals surface area contributed by atoms with Crippen LogP contribution in [0.25, 0.3) is 22.5 Å². The first-order valence-corrected chi connectivity index (χ1v) is 16.8. The Morgan fingerprint density at radius 1 is 0.488 bits per heavy atom. The average Bonchev–Trinajstić information content (AvgIpc) is 3.50. The Balaban J connectivity index is 1.30. The van der Waals surface area contributed by atoms with Gasteiger partial charge in [0.15, 0.2) is 0 Å². The summed E-state index contributed by atoms with van der Waals surface area (Å²) in [5.41, 5.74) is 4.15. The van der Waals surface area contributed by atoms with E-state index >= 15 is 0 Å². The molecule has 1 aromatic heterocycles. The van der Waals surface area contributed by atoms with E-state index in [-0.39, 0.29) is 0 Å². The van der Waals surface area contributed by atoms with Gasteiger partial charge < -0.3 is 9.47 Å². The van der Waals surface area contributed by atoms with Gasteiger partial charge in [-0.05, 0) is 73.0 Å². The van der Waals surface area contributed by atoms with Gasteiger partial charge in [-0.3, -0.25) is 5.10 Å². The molecule has 0 unspecified atom stereocenters. The lowest BCUT2D eigenvalue weighted by Crippen LogP contribution is -1.97. The molecule has 0 atom stereocenters. The first kappa shape index (κ1) is 32.8. The molecular formula is C37H56N2O2. The van der Waals surface area contributed by atoms with Gasteiger partial charge in [-0.25, -0.2) is 0 Å². The molecule has 4 heteroatoms. The molecule has 0 saturated heterocycles. The third kappa shape index (κ3) is 13.6. The molecule has 0 aliphatic rings. The monoisotopic (exact) mass is 560 g/mol. The van der Waals surface area contributed by atoms with E-state index in [1.54, 1.807) is 0 Å². The molecule has 0 spiro atoms. The second kappa shape index (κ2) is 21.0. The van der Waals surface area contributed by atoms with Crippen molar-refractivity contribution in [2.75, 3.05) is 13.2 Å². The van der Waals surface area contributed by atoms with Crippen LogP contribution in [-0.2, 0) is 0 Å². The van der Waals surface area contributed by atoms with E-state index in [4.69, 9.17) is 9.47 Å². The highest BCUT2D eigenvalue weighted by molar-refractivity contribution is 5.68. The van der Waals surface area contributed by atoms with Gasteiger partial charge in [0.25, 0.3) is 0 Å². The summed E-state index contributed by atoms with van der Waals surface area (Å²) >= 11 is 0. The maximum Gasteiger partial charge on any atom is 0.119 e. The Morgan fingerprint density at radius 2 is 0.878 bits per heavy atom. The minimum absolute atomic E-state index is 0.792. The van der Waals surface area contributed by atoms with Crippen molar-refractivity contribution in [2.24, 2.45) is 0 Å². The van der Waals surface area contributed by atoms with Crippen molar-refractivity contribution >= 4 is 0 Å². The highest BCUT2D eigenvalue weighted by atomic mass is 16.5. The lowest BCUT2D eigenvalue weighted by atomic mass is 10.1. The highest BCUT2D eigenvalue weighted by Crippen LogP contribution is 2.27. The Morgan fingerprint density at radius 3 is 1.32 bits per heavy atom. The zero-order chi connectivity index (χ0) is 28.8. The molecule has 0 aliphatic carbocycles. The Hall–Kier alpha value is -2.75. The van der Waals surface area contributed by atoms with Gasteiger partial charge in [0.05, 0.1) is 24.6 Å². The summed E-state index contributed by atoms with van der Waals surface area (Å²) in [4.78, 5) is 0. The number of nitrogens with one attached hydrogen (secondary N) is 1. The molecule has 226 valence electrons. The van der Waals surface area contributed by atoms with Crippen LogP contribution in [0.2, 0.25) is 0 Å². The maximum absolute atomic E-state index is 5.97. The number of nitrogens with zero attached hydrogens (tertiary/aromatic N) is 1. The van der Waals surface area contributed by atoms with E-state index in [2.05, 4.69) is 78.6 Å². The first-order chi connectivity index (χ1) is 20.3. The second-order valence-corrected chi connectivity index (χ2v) is 11.6. The minimum Gasteiger partial charge on any atom is -0.494 e. The number of aromatic nitrogens is 2. The molecule has 0 bridgehead atoms. The Kier molecular flexibility index (Phi) is 16.8. The molecule has 1 heterocycles. The van der Waals surface area contributed by atoms with E-state index in [1.165, 1.54) is 103 Å². The van der Waals surface area contributed by atoms with Crippen LogP contribution in [0.1, 0.15) is 129 Å². The molecule has 3 rings (SSSR count). The second-order valence-electron chi connectivity index (χ2n) is 11.6. The topological polar surface area (TPSA) is 47.1 Å². The standard InChI is InChI=1S/C37H56N2O2/c1-3-5-7-9-11-13-15-17-19-29-40-34-25-21-32(22-26-34)36-31-37(39-38-36)33-23-27-35(28-24-33)41-30-20-18-16-14-12-10-8-6-4-2/h21-28,31H,3-20,29-30H2,1-2H3,(H,38,39). The van der Waals surface area contributed by atoms with Crippen LogP contribution < -0.4 is 9.47 Å². The largest absolute Gasteiger partial charge is 0.494 e. The number of aromatic amines is 1. The van der Waals surface area contributed by atoms with E-state index in [0.29, 0.717) is 0 Å². The quantitative estimate of drug-likeness (QED) is 0.111. The SMILES string of the molecule is CCCCCCCCCCCOc1ccc(-c2cc(-c3ccc(OCCCCCCCCCCC)cc3)[nH]n2)cc1. The summed E-state index contributed by atoms with van der Waals surface area (Å²) in [6.45, 7) is 6.13. The van der Waals surface area contributed by atoms with Gasteiger partial charge >= 0.3 is 0 Å². The van der Waals surface area contributed by atoms with Crippen LogP contribution in [-0.4, -0.2) is 23.4 Å². The van der Waals surface area contributed by atoms with Gasteiger partial charge in [-0.2, -0.15) is 5.10 Å². The lowest BCUT2D eigenvalue weighted by Gasteiger charge is -2.07. The third-order valence-electron chi connectivity index (χ3n) is 7.93. The van der Waals surface area contributed by atoms with Crippen molar-refractivity contribution in [3.05, 3.63) is 54.6 Å². The van der Waals surface area contributed by atoms with Gasteiger partial charge in [0.2, 0.25) is 0 Å². The molecular weight excluding hydrogens is 504 g/mol. The van der Waals surface area contributed by atoms with Crippen LogP contribution in [0.3, 0.4) is 0 Å². The fraction of sp³-hybridized carbons (Fsp3) is 0.595. The van der Waals surface area contributed by atoms with E-state index in [1.807, 2.05) is 0 Å². The number of hydrogen-bond donors (Lipinski definition) is 1. The normalized spacial score (nSPS) is 11.2. The molecule has 0 radical (unpaired) electrons. The third-order valence-corrected chi connectivity index (χ3v) is 7.93. The van der Waals surface area contributed by atoms with Crippen LogP contribution in [0.5, 0.6) is 11.5 Å². The average molecular weight is 561 g/mol. The fourth-order valence-electron chi connectivity index (χ4n) is 5.28. The van der Waals surface area contributed by atoms with Crippen LogP contribution in [0.15, 0.2) is 54.6 Å². The van der Waals surface area contributed by atoms with Gasteiger partial charge in [-0.1, -0.05) is 117 Å². The number of rotatable bonds is 24. The molecule has 0 amide bonds. The van der Waals surface area contributed by atoms with Crippen molar-refractivity contribution in [1.29, 1.82) is 0 Å². The molecule has 3 aromatic rings. The minimum atomic E-state index is 0.792. The molecule has 2 aromatic carbocycles. The number of unbranched alkanes of at least 4 members (excludes halogenated alkanes) is 16. The predicted octanol–water partition coefficient (Wildman–Crippen LogP) is 11.6. The smallest absolute Gasteiger partial charge is 0.119 e. The Labute approximate surface area is 250 Å². The van der Waals surface area contributed by atoms with Crippen molar-refractivity contribution < 1.29 is 9.47 Å². The van der Waals surface area contributed by atoms with Crippen LogP contribution in [0, 0.1) is 0 Å². The zero-order valence-corrected chi connectivity index (χ0v) is 26.1.